The van der Waals surface area contributed by atoms with Gasteiger partial charge in [-0.3, -0.25) is 0 Å². The van der Waals surface area contributed by atoms with Gasteiger partial charge in [0, 0.05) is 12.6 Å². The van der Waals surface area contributed by atoms with Crippen molar-refractivity contribution in [1.29, 1.82) is 0 Å². The molecule has 90 valence electrons. The molecule has 2 nitrogen and oxygen atoms in total. The Hall–Kier alpha value is -1.02. The lowest BCUT2D eigenvalue weighted by atomic mass is 10.2. The average Bonchev–Trinajstić information content (AvgIpc) is 2.26. The lowest BCUT2D eigenvalue weighted by Crippen LogP contribution is -2.33. The predicted octanol–water partition coefficient (Wildman–Crippen LogP) is 3.01. The van der Waals surface area contributed by atoms with E-state index < -0.39 is 0 Å². The van der Waals surface area contributed by atoms with Gasteiger partial charge in [-0.05, 0) is 31.0 Å². The van der Waals surface area contributed by atoms with E-state index in [1.807, 2.05) is 6.07 Å². The molecule has 0 aliphatic rings. The third-order valence-corrected chi connectivity index (χ3v) is 2.46. The lowest BCUT2D eigenvalue weighted by molar-refractivity contribution is 0.213. The Morgan fingerprint density at radius 1 is 1.25 bits per heavy atom. The van der Waals surface area contributed by atoms with Gasteiger partial charge >= 0.3 is 0 Å². The van der Waals surface area contributed by atoms with Gasteiger partial charge in [-0.1, -0.05) is 32.9 Å². The largest absolute Gasteiger partial charge is 0.489 e. The van der Waals surface area contributed by atoms with Crippen molar-refractivity contribution in [2.75, 3.05) is 6.54 Å². The van der Waals surface area contributed by atoms with Crippen LogP contribution in [0.5, 0.6) is 5.75 Å². The molecule has 1 aromatic rings. The molecular formula is C14H23NO. The minimum atomic E-state index is 0.203. The van der Waals surface area contributed by atoms with Gasteiger partial charge < -0.3 is 10.1 Å². The smallest absolute Gasteiger partial charge is 0.120 e. The summed E-state index contributed by atoms with van der Waals surface area (Å²) in [5.41, 5.74) is 1.32. The highest BCUT2D eigenvalue weighted by Gasteiger charge is 2.04. The van der Waals surface area contributed by atoms with Gasteiger partial charge in [-0.2, -0.15) is 0 Å². The van der Waals surface area contributed by atoms with Crippen molar-refractivity contribution in [2.45, 2.75) is 46.3 Å². The fourth-order valence-corrected chi connectivity index (χ4v) is 1.51. The van der Waals surface area contributed by atoms with Crippen LogP contribution >= 0.6 is 0 Å². The quantitative estimate of drug-likeness (QED) is 0.797. The van der Waals surface area contributed by atoms with Crippen LogP contribution in [0.25, 0.3) is 0 Å². The fourth-order valence-electron chi connectivity index (χ4n) is 1.51. The van der Waals surface area contributed by atoms with E-state index in [4.69, 9.17) is 4.74 Å². The van der Waals surface area contributed by atoms with Crippen molar-refractivity contribution in [3.05, 3.63) is 29.8 Å². The number of benzene rings is 1. The number of rotatable bonds is 6. The summed E-state index contributed by atoms with van der Waals surface area (Å²) in [6.07, 6.45) is 1.25. The van der Waals surface area contributed by atoms with Crippen LogP contribution in [0.2, 0.25) is 0 Å². The molecule has 2 heteroatoms. The minimum Gasteiger partial charge on any atom is -0.489 e. The molecule has 1 atom stereocenters. The molecule has 1 unspecified atom stereocenters. The fraction of sp³-hybridized carbons (Fsp3) is 0.571. The van der Waals surface area contributed by atoms with Crippen LogP contribution in [0.15, 0.2) is 24.3 Å². The van der Waals surface area contributed by atoms with Crippen LogP contribution in [0.4, 0.5) is 0 Å². The Morgan fingerprint density at radius 3 is 2.62 bits per heavy atom. The highest BCUT2D eigenvalue weighted by atomic mass is 16.5. The van der Waals surface area contributed by atoms with Crippen LogP contribution in [-0.4, -0.2) is 18.7 Å². The van der Waals surface area contributed by atoms with Crippen molar-refractivity contribution >= 4 is 0 Å². The summed E-state index contributed by atoms with van der Waals surface area (Å²) in [5.74, 6) is 0.970. The standard InChI is InChI=1S/C14H23NO/c1-5-13-7-6-8-14(9-13)16-12(4)10-15-11(2)3/h6-9,11-12,15H,5,10H2,1-4H3. The molecule has 1 N–H and O–H groups in total. The van der Waals surface area contributed by atoms with Gasteiger partial charge in [-0.15, -0.1) is 0 Å². The third kappa shape index (κ3) is 4.67. The van der Waals surface area contributed by atoms with Crippen LogP contribution in [0.3, 0.4) is 0 Å². The molecule has 0 fully saturated rings. The predicted molar refractivity (Wildman–Crippen MR) is 69.0 cm³/mol. The average molecular weight is 221 g/mol. The Bertz CT molecular complexity index is 309. The molecule has 0 amide bonds. The number of aryl methyl sites for hydroxylation is 1. The van der Waals surface area contributed by atoms with E-state index >= 15 is 0 Å². The second-order valence-electron chi connectivity index (χ2n) is 4.49. The van der Waals surface area contributed by atoms with E-state index in [2.05, 4.69) is 51.2 Å². The third-order valence-electron chi connectivity index (χ3n) is 2.46. The van der Waals surface area contributed by atoms with E-state index in [0.717, 1.165) is 18.7 Å². The number of hydrogen-bond acceptors (Lipinski definition) is 2. The Kier molecular flexibility index (Phi) is 5.33. The van der Waals surface area contributed by atoms with Crippen molar-refractivity contribution in [2.24, 2.45) is 0 Å². The second kappa shape index (κ2) is 6.54. The molecule has 0 bridgehead atoms. The zero-order valence-electron chi connectivity index (χ0n) is 10.8. The molecule has 0 radical (unpaired) electrons. The highest BCUT2D eigenvalue weighted by molar-refractivity contribution is 5.28. The van der Waals surface area contributed by atoms with E-state index in [1.165, 1.54) is 5.56 Å². The summed E-state index contributed by atoms with van der Waals surface area (Å²) in [6.45, 7) is 9.42. The number of ether oxygens (including phenoxy) is 1. The van der Waals surface area contributed by atoms with Crippen molar-refractivity contribution in [3.63, 3.8) is 0 Å². The Morgan fingerprint density at radius 2 is 2.00 bits per heavy atom. The summed E-state index contributed by atoms with van der Waals surface area (Å²) in [7, 11) is 0. The minimum absolute atomic E-state index is 0.203. The van der Waals surface area contributed by atoms with E-state index in [0.29, 0.717) is 6.04 Å². The molecule has 0 aliphatic heterocycles. The van der Waals surface area contributed by atoms with Gasteiger partial charge in [0.05, 0.1) is 0 Å². The summed E-state index contributed by atoms with van der Waals surface area (Å²) in [5, 5.41) is 3.37. The zero-order chi connectivity index (χ0) is 12.0. The van der Waals surface area contributed by atoms with Gasteiger partial charge in [0.25, 0.3) is 0 Å². The Balaban J connectivity index is 2.45. The molecule has 0 saturated heterocycles. The first kappa shape index (κ1) is 13.0. The molecule has 0 saturated carbocycles. The molecule has 16 heavy (non-hydrogen) atoms. The monoisotopic (exact) mass is 221 g/mol. The van der Waals surface area contributed by atoms with E-state index in [1.54, 1.807) is 0 Å². The van der Waals surface area contributed by atoms with Gasteiger partial charge in [0.15, 0.2) is 0 Å². The zero-order valence-corrected chi connectivity index (χ0v) is 10.8. The summed E-state index contributed by atoms with van der Waals surface area (Å²) in [4.78, 5) is 0. The molecule has 0 heterocycles. The molecule has 1 aromatic carbocycles. The number of nitrogens with one attached hydrogen (secondary N) is 1. The first-order chi connectivity index (χ1) is 7.61. The van der Waals surface area contributed by atoms with Crippen molar-refractivity contribution in [1.82, 2.24) is 5.32 Å². The molecule has 0 aromatic heterocycles. The second-order valence-corrected chi connectivity index (χ2v) is 4.49. The van der Waals surface area contributed by atoms with Crippen LogP contribution in [0, 0.1) is 0 Å². The van der Waals surface area contributed by atoms with Crippen LogP contribution in [0.1, 0.15) is 33.3 Å². The maximum atomic E-state index is 5.84. The number of hydrogen-bond donors (Lipinski definition) is 1. The van der Waals surface area contributed by atoms with Gasteiger partial charge in [0.1, 0.15) is 11.9 Å². The molecule has 1 rings (SSSR count). The summed E-state index contributed by atoms with van der Waals surface area (Å²) >= 11 is 0. The normalized spacial score (nSPS) is 12.8. The summed E-state index contributed by atoms with van der Waals surface area (Å²) in [6, 6.07) is 8.82. The maximum Gasteiger partial charge on any atom is 0.120 e. The molecule has 0 aliphatic carbocycles. The SMILES string of the molecule is CCc1cccc(OC(C)CNC(C)C)c1. The van der Waals surface area contributed by atoms with Gasteiger partial charge in [-0.25, -0.2) is 0 Å². The topological polar surface area (TPSA) is 21.3 Å². The van der Waals surface area contributed by atoms with E-state index in [9.17, 15) is 0 Å². The highest BCUT2D eigenvalue weighted by Crippen LogP contribution is 2.15. The molecule has 0 spiro atoms. The maximum absolute atomic E-state index is 5.84. The first-order valence-electron chi connectivity index (χ1n) is 6.10. The van der Waals surface area contributed by atoms with Crippen molar-refractivity contribution in [3.8, 4) is 5.75 Å². The Labute approximate surface area is 99.0 Å². The lowest BCUT2D eigenvalue weighted by Gasteiger charge is -2.17. The van der Waals surface area contributed by atoms with E-state index in [-0.39, 0.29) is 6.10 Å². The first-order valence-corrected chi connectivity index (χ1v) is 6.10. The summed E-state index contributed by atoms with van der Waals surface area (Å²) < 4.78 is 5.84. The van der Waals surface area contributed by atoms with Crippen molar-refractivity contribution < 1.29 is 4.74 Å². The van der Waals surface area contributed by atoms with Crippen LogP contribution in [-0.2, 0) is 6.42 Å². The van der Waals surface area contributed by atoms with Crippen LogP contribution < -0.4 is 10.1 Å². The molecular weight excluding hydrogens is 198 g/mol. The van der Waals surface area contributed by atoms with Gasteiger partial charge in [0.2, 0.25) is 0 Å².